The average Bonchev–Trinajstić information content (AvgIpc) is 3.10. The summed E-state index contributed by atoms with van der Waals surface area (Å²) in [5, 5.41) is 3.41. The number of hydrogen-bond acceptors (Lipinski definition) is 4. The number of furan rings is 1. The van der Waals surface area contributed by atoms with Crippen molar-refractivity contribution in [2.24, 2.45) is 0 Å². The third-order valence-corrected chi connectivity index (χ3v) is 4.13. The van der Waals surface area contributed by atoms with Crippen molar-refractivity contribution in [3.05, 3.63) is 53.4 Å². The number of carbonyl (C=O) groups is 2. The van der Waals surface area contributed by atoms with Crippen molar-refractivity contribution in [3.63, 3.8) is 0 Å². The lowest BCUT2D eigenvalue weighted by Gasteiger charge is -2.34. The van der Waals surface area contributed by atoms with Gasteiger partial charge >= 0.3 is 6.03 Å². The van der Waals surface area contributed by atoms with E-state index in [1.807, 2.05) is 4.90 Å². The van der Waals surface area contributed by atoms with Crippen LogP contribution in [-0.2, 0) is 0 Å². The lowest BCUT2D eigenvalue weighted by atomic mass is 10.2. The molecule has 1 aromatic heterocycles. The summed E-state index contributed by atoms with van der Waals surface area (Å²) in [5.41, 5.74) is 0.669. The predicted octanol–water partition coefficient (Wildman–Crippen LogP) is 2.97. The van der Waals surface area contributed by atoms with Crippen LogP contribution in [0.2, 0.25) is 5.02 Å². The van der Waals surface area contributed by atoms with Gasteiger partial charge in [-0.1, -0.05) is 17.7 Å². The van der Waals surface area contributed by atoms with E-state index in [-0.39, 0.29) is 11.8 Å². The van der Waals surface area contributed by atoms with E-state index in [4.69, 9.17) is 16.0 Å². The van der Waals surface area contributed by atoms with Crippen LogP contribution in [0.1, 0.15) is 10.6 Å². The molecule has 1 aromatic carbocycles. The van der Waals surface area contributed by atoms with Gasteiger partial charge in [0, 0.05) is 36.9 Å². The summed E-state index contributed by atoms with van der Waals surface area (Å²) in [6.45, 7) is 2.73. The van der Waals surface area contributed by atoms with Gasteiger partial charge in [-0.25, -0.2) is 4.79 Å². The first-order valence-electron chi connectivity index (χ1n) is 7.72. The number of Topliss-reactive ketones (excluding diaryl/α,β-unsaturated/α-hetero) is 1. The van der Waals surface area contributed by atoms with Gasteiger partial charge in [0.2, 0.25) is 5.78 Å². The molecule has 1 N–H and O–H groups in total. The number of urea groups is 1. The third-order valence-electron chi connectivity index (χ3n) is 3.90. The van der Waals surface area contributed by atoms with E-state index in [0.29, 0.717) is 49.2 Å². The SMILES string of the molecule is O=C(CN1CCN(C(=O)Nc2cccc(Cl)c2)CC1)c1ccco1. The third kappa shape index (κ3) is 4.15. The first-order chi connectivity index (χ1) is 11.6. The summed E-state index contributed by atoms with van der Waals surface area (Å²) in [6, 6.07) is 10.2. The Labute approximate surface area is 145 Å². The molecule has 2 aromatic rings. The Morgan fingerprint density at radius 2 is 1.92 bits per heavy atom. The van der Waals surface area contributed by atoms with Crippen LogP contribution in [0.5, 0.6) is 0 Å². The van der Waals surface area contributed by atoms with E-state index in [0.717, 1.165) is 0 Å². The highest BCUT2D eigenvalue weighted by Gasteiger charge is 2.23. The molecule has 6 nitrogen and oxygen atoms in total. The van der Waals surface area contributed by atoms with Gasteiger partial charge in [0.15, 0.2) is 5.76 Å². The molecule has 2 amide bonds. The Kier molecular flexibility index (Phi) is 5.17. The fraction of sp³-hybridized carbons (Fsp3) is 0.294. The van der Waals surface area contributed by atoms with Crippen molar-refractivity contribution < 1.29 is 14.0 Å². The zero-order valence-corrected chi connectivity index (χ0v) is 13.8. The van der Waals surface area contributed by atoms with Crippen molar-refractivity contribution in [2.75, 3.05) is 38.0 Å². The van der Waals surface area contributed by atoms with Crippen LogP contribution in [0.4, 0.5) is 10.5 Å². The Morgan fingerprint density at radius 1 is 1.12 bits per heavy atom. The molecule has 7 heteroatoms. The van der Waals surface area contributed by atoms with Gasteiger partial charge < -0.3 is 14.6 Å². The molecule has 0 unspecified atom stereocenters. The molecular formula is C17H18ClN3O3. The molecule has 126 valence electrons. The van der Waals surface area contributed by atoms with E-state index in [1.54, 1.807) is 41.3 Å². The zero-order valence-electron chi connectivity index (χ0n) is 13.1. The molecule has 0 aliphatic carbocycles. The first-order valence-corrected chi connectivity index (χ1v) is 8.10. The highest BCUT2D eigenvalue weighted by molar-refractivity contribution is 6.30. The fourth-order valence-electron chi connectivity index (χ4n) is 2.60. The van der Waals surface area contributed by atoms with Gasteiger partial charge in [0.25, 0.3) is 0 Å². The number of ketones is 1. The molecule has 3 rings (SSSR count). The second kappa shape index (κ2) is 7.51. The normalized spacial score (nSPS) is 15.3. The Bertz CT molecular complexity index is 710. The van der Waals surface area contributed by atoms with Gasteiger partial charge in [-0.3, -0.25) is 9.69 Å². The van der Waals surface area contributed by atoms with Crippen LogP contribution < -0.4 is 5.32 Å². The summed E-state index contributed by atoms with van der Waals surface area (Å²) in [6.07, 6.45) is 1.49. The van der Waals surface area contributed by atoms with E-state index in [2.05, 4.69) is 5.32 Å². The van der Waals surface area contributed by atoms with Crippen molar-refractivity contribution in [1.29, 1.82) is 0 Å². The second-order valence-corrected chi connectivity index (χ2v) is 6.04. The van der Waals surface area contributed by atoms with Crippen molar-refractivity contribution >= 4 is 29.1 Å². The Balaban J connectivity index is 1.48. The maximum atomic E-state index is 12.3. The van der Waals surface area contributed by atoms with Crippen LogP contribution in [0.3, 0.4) is 0 Å². The number of hydrogen-bond donors (Lipinski definition) is 1. The highest BCUT2D eigenvalue weighted by atomic mass is 35.5. The number of rotatable bonds is 4. The maximum absolute atomic E-state index is 12.3. The summed E-state index contributed by atoms with van der Waals surface area (Å²) < 4.78 is 5.11. The first kappa shape index (κ1) is 16.5. The van der Waals surface area contributed by atoms with Crippen LogP contribution in [0.25, 0.3) is 0 Å². The minimum Gasteiger partial charge on any atom is -0.461 e. The smallest absolute Gasteiger partial charge is 0.321 e. The Morgan fingerprint density at radius 3 is 2.58 bits per heavy atom. The Hall–Kier alpha value is -2.31. The molecule has 0 spiro atoms. The number of carbonyl (C=O) groups excluding carboxylic acids is 2. The van der Waals surface area contributed by atoms with Gasteiger partial charge in [-0.05, 0) is 30.3 Å². The van der Waals surface area contributed by atoms with Crippen LogP contribution in [-0.4, -0.2) is 54.3 Å². The number of piperazine rings is 1. The minimum absolute atomic E-state index is 0.0446. The molecule has 1 fully saturated rings. The predicted molar refractivity (Wildman–Crippen MR) is 91.5 cm³/mol. The lowest BCUT2D eigenvalue weighted by molar-refractivity contribution is 0.0857. The summed E-state index contributed by atoms with van der Waals surface area (Å²) in [4.78, 5) is 28.0. The molecule has 0 atom stereocenters. The van der Waals surface area contributed by atoms with Gasteiger partial charge in [0.05, 0.1) is 12.8 Å². The number of nitrogens with zero attached hydrogens (tertiary/aromatic N) is 2. The van der Waals surface area contributed by atoms with Crippen LogP contribution in [0.15, 0.2) is 47.1 Å². The van der Waals surface area contributed by atoms with E-state index >= 15 is 0 Å². The number of anilines is 1. The van der Waals surface area contributed by atoms with Crippen molar-refractivity contribution in [3.8, 4) is 0 Å². The molecule has 1 aliphatic heterocycles. The van der Waals surface area contributed by atoms with E-state index < -0.39 is 0 Å². The van der Waals surface area contributed by atoms with Crippen LogP contribution in [0, 0.1) is 0 Å². The standard InChI is InChI=1S/C17H18ClN3O3/c18-13-3-1-4-14(11-13)19-17(23)21-8-6-20(7-9-21)12-15(22)16-5-2-10-24-16/h1-5,10-11H,6-9,12H2,(H,19,23). The summed E-state index contributed by atoms with van der Waals surface area (Å²) >= 11 is 5.91. The molecular weight excluding hydrogens is 330 g/mol. The van der Waals surface area contributed by atoms with E-state index in [1.165, 1.54) is 6.26 Å². The topological polar surface area (TPSA) is 65.8 Å². The molecule has 24 heavy (non-hydrogen) atoms. The molecule has 0 saturated carbocycles. The molecule has 2 heterocycles. The lowest BCUT2D eigenvalue weighted by Crippen LogP contribution is -2.51. The van der Waals surface area contributed by atoms with Crippen LogP contribution >= 0.6 is 11.6 Å². The van der Waals surface area contributed by atoms with Crippen molar-refractivity contribution in [2.45, 2.75) is 0 Å². The number of halogens is 1. The minimum atomic E-state index is -0.158. The molecule has 0 radical (unpaired) electrons. The summed E-state index contributed by atoms with van der Waals surface area (Å²) in [7, 11) is 0. The monoisotopic (exact) mass is 347 g/mol. The van der Waals surface area contributed by atoms with Crippen molar-refractivity contribution in [1.82, 2.24) is 9.80 Å². The molecule has 1 saturated heterocycles. The quantitative estimate of drug-likeness (QED) is 0.863. The largest absolute Gasteiger partial charge is 0.461 e. The van der Waals surface area contributed by atoms with E-state index in [9.17, 15) is 9.59 Å². The van der Waals surface area contributed by atoms with Gasteiger partial charge in [-0.2, -0.15) is 0 Å². The van der Waals surface area contributed by atoms with Gasteiger partial charge in [0.1, 0.15) is 0 Å². The van der Waals surface area contributed by atoms with Gasteiger partial charge in [-0.15, -0.1) is 0 Å². The molecule has 1 aliphatic rings. The second-order valence-electron chi connectivity index (χ2n) is 5.60. The zero-order chi connectivity index (χ0) is 16.9. The fourth-order valence-corrected chi connectivity index (χ4v) is 2.79. The number of amides is 2. The number of benzene rings is 1. The molecule has 0 bridgehead atoms. The number of nitrogens with one attached hydrogen (secondary N) is 1. The maximum Gasteiger partial charge on any atom is 0.321 e. The average molecular weight is 348 g/mol. The highest BCUT2D eigenvalue weighted by Crippen LogP contribution is 2.16. The summed E-state index contributed by atoms with van der Waals surface area (Å²) in [5.74, 6) is 0.327.